The van der Waals surface area contributed by atoms with Gasteiger partial charge in [-0.1, -0.05) is 0 Å². The lowest BCUT2D eigenvalue weighted by atomic mass is 10.3. The zero-order chi connectivity index (χ0) is 8.04. The highest BCUT2D eigenvalue weighted by atomic mass is 15.3. The molecule has 2 N–H and O–H groups in total. The average molecular weight is 145 g/mol. The number of hydrogen-bond acceptors (Lipinski definition) is 1. The number of hydrogen-bond donors (Lipinski definition) is 1. The van der Waals surface area contributed by atoms with E-state index in [4.69, 9.17) is 5.73 Å². The Morgan fingerprint density at radius 1 is 1.20 bits per heavy atom. The number of rotatable bonds is 5. The van der Waals surface area contributed by atoms with Gasteiger partial charge in [0.1, 0.15) is 0 Å². The molecular formula is C8H21N2+. The van der Waals surface area contributed by atoms with Crippen LogP contribution < -0.4 is 5.73 Å². The minimum atomic E-state index is 0.827. The van der Waals surface area contributed by atoms with E-state index in [0.717, 1.165) is 17.4 Å². The van der Waals surface area contributed by atoms with Gasteiger partial charge >= 0.3 is 0 Å². The second-order valence-corrected chi connectivity index (χ2v) is 3.12. The first-order valence-electron chi connectivity index (χ1n) is 4.22. The SMILES string of the molecule is CC[N+](C)(CC)CCCN. The van der Waals surface area contributed by atoms with Crippen molar-refractivity contribution in [1.29, 1.82) is 0 Å². The lowest BCUT2D eigenvalue weighted by Gasteiger charge is -2.31. The summed E-state index contributed by atoms with van der Waals surface area (Å²) < 4.78 is 1.16. The minimum absolute atomic E-state index is 0.827. The lowest BCUT2D eigenvalue weighted by Crippen LogP contribution is -2.44. The second-order valence-electron chi connectivity index (χ2n) is 3.12. The fourth-order valence-electron chi connectivity index (χ4n) is 1.01. The average Bonchev–Trinajstić information content (AvgIpc) is 2.00. The Morgan fingerprint density at radius 2 is 1.70 bits per heavy atom. The van der Waals surface area contributed by atoms with E-state index in [0.29, 0.717) is 0 Å². The summed E-state index contributed by atoms with van der Waals surface area (Å²) in [5.74, 6) is 0. The highest BCUT2D eigenvalue weighted by molar-refractivity contribution is 4.38. The molecule has 0 amide bonds. The molecule has 0 saturated carbocycles. The summed E-state index contributed by atoms with van der Waals surface area (Å²) in [5, 5.41) is 0. The standard InChI is InChI=1S/C8H21N2/c1-4-10(3,5-2)8-6-7-9/h4-9H2,1-3H3/q+1. The molecule has 0 aliphatic heterocycles. The molecule has 62 valence electrons. The van der Waals surface area contributed by atoms with Crippen molar-refractivity contribution in [2.75, 3.05) is 33.2 Å². The third-order valence-corrected chi connectivity index (χ3v) is 2.43. The molecule has 0 saturated heterocycles. The van der Waals surface area contributed by atoms with Gasteiger partial charge in [-0.2, -0.15) is 0 Å². The molecule has 0 aromatic rings. The van der Waals surface area contributed by atoms with Gasteiger partial charge in [0.05, 0.1) is 26.7 Å². The summed E-state index contributed by atoms with van der Waals surface area (Å²) in [6.45, 7) is 8.96. The quantitative estimate of drug-likeness (QED) is 0.570. The predicted molar refractivity (Wildman–Crippen MR) is 45.8 cm³/mol. The molecule has 0 unspecified atom stereocenters. The van der Waals surface area contributed by atoms with Crippen molar-refractivity contribution in [3.05, 3.63) is 0 Å². The van der Waals surface area contributed by atoms with E-state index in [1.165, 1.54) is 19.6 Å². The van der Waals surface area contributed by atoms with Crippen LogP contribution in [0.2, 0.25) is 0 Å². The molecule has 0 bridgehead atoms. The molecular weight excluding hydrogens is 124 g/mol. The van der Waals surface area contributed by atoms with Crippen LogP contribution in [0.4, 0.5) is 0 Å². The maximum Gasteiger partial charge on any atom is 0.0796 e. The van der Waals surface area contributed by atoms with Gasteiger partial charge in [-0.25, -0.2) is 0 Å². The fraction of sp³-hybridized carbons (Fsp3) is 1.00. The molecule has 0 aliphatic carbocycles. The van der Waals surface area contributed by atoms with Crippen LogP contribution in [0.15, 0.2) is 0 Å². The van der Waals surface area contributed by atoms with Crippen molar-refractivity contribution in [3.63, 3.8) is 0 Å². The molecule has 0 radical (unpaired) electrons. The molecule has 0 rings (SSSR count). The first kappa shape index (κ1) is 9.92. The third kappa shape index (κ3) is 3.18. The van der Waals surface area contributed by atoms with E-state index >= 15 is 0 Å². The summed E-state index contributed by atoms with van der Waals surface area (Å²) >= 11 is 0. The van der Waals surface area contributed by atoms with Crippen molar-refractivity contribution in [2.45, 2.75) is 20.3 Å². The van der Waals surface area contributed by atoms with Gasteiger partial charge in [-0.05, 0) is 20.4 Å². The molecule has 10 heavy (non-hydrogen) atoms. The predicted octanol–water partition coefficient (Wildman–Crippen LogP) is 0.822. The first-order chi connectivity index (χ1) is 4.68. The van der Waals surface area contributed by atoms with E-state index in [2.05, 4.69) is 20.9 Å². The summed E-state index contributed by atoms with van der Waals surface area (Å²) in [6, 6.07) is 0. The van der Waals surface area contributed by atoms with Gasteiger partial charge < -0.3 is 10.2 Å². The van der Waals surface area contributed by atoms with E-state index in [9.17, 15) is 0 Å². The maximum absolute atomic E-state index is 5.44. The molecule has 0 heterocycles. The van der Waals surface area contributed by atoms with Crippen LogP contribution in [0.1, 0.15) is 20.3 Å². The third-order valence-electron chi connectivity index (χ3n) is 2.43. The van der Waals surface area contributed by atoms with Crippen molar-refractivity contribution in [1.82, 2.24) is 0 Å². The first-order valence-corrected chi connectivity index (χ1v) is 4.22. The van der Waals surface area contributed by atoms with Gasteiger partial charge in [-0.15, -0.1) is 0 Å². The molecule has 2 nitrogen and oxygen atoms in total. The molecule has 0 aromatic heterocycles. The molecule has 0 aliphatic rings. The van der Waals surface area contributed by atoms with Gasteiger partial charge in [0.15, 0.2) is 0 Å². The zero-order valence-corrected chi connectivity index (χ0v) is 7.56. The minimum Gasteiger partial charge on any atom is -0.330 e. The van der Waals surface area contributed by atoms with Crippen LogP contribution in [0.3, 0.4) is 0 Å². The lowest BCUT2D eigenvalue weighted by molar-refractivity contribution is -0.906. The van der Waals surface area contributed by atoms with E-state index in [1.54, 1.807) is 0 Å². The number of nitrogens with two attached hydrogens (primary N) is 1. The van der Waals surface area contributed by atoms with Crippen molar-refractivity contribution in [2.24, 2.45) is 5.73 Å². The monoisotopic (exact) mass is 145 g/mol. The van der Waals surface area contributed by atoms with Crippen molar-refractivity contribution >= 4 is 0 Å². The fourth-order valence-corrected chi connectivity index (χ4v) is 1.01. The Balaban J connectivity index is 3.58. The number of nitrogens with zero attached hydrogens (tertiary/aromatic N) is 1. The van der Waals surface area contributed by atoms with Gasteiger partial charge in [0.2, 0.25) is 0 Å². The van der Waals surface area contributed by atoms with Crippen LogP contribution >= 0.6 is 0 Å². The van der Waals surface area contributed by atoms with Crippen LogP contribution in [0.5, 0.6) is 0 Å². The zero-order valence-electron chi connectivity index (χ0n) is 7.56. The van der Waals surface area contributed by atoms with Gasteiger partial charge in [0.25, 0.3) is 0 Å². The number of quaternary nitrogens is 1. The Morgan fingerprint density at radius 3 is 2.00 bits per heavy atom. The molecule has 0 fully saturated rings. The van der Waals surface area contributed by atoms with Crippen molar-refractivity contribution in [3.8, 4) is 0 Å². The maximum atomic E-state index is 5.44. The molecule has 0 atom stereocenters. The normalized spacial score (nSPS) is 12.0. The van der Waals surface area contributed by atoms with E-state index in [1.807, 2.05) is 0 Å². The molecule has 2 heteroatoms. The Kier molecular flexibility index (Phi) is 4.65. The molecule has 0 spiro atoms. The second kappa shape index (κ2) is 4.69. The smallest absolute Gasteiger partial charge is 0.0796 e. The Hall–Kier alpha value is -0.0800. The van der Waals surface area contributed by atoms with Crippen LogP contribution in [-0.2, 0) is 0 Å². The van der Waals surface area contributed by atoms with E-state index in [-0.39, 0.29) is 0 Å². The highest BCUT2D eigenvalue weighted by Crippen LogP contribution is 2.01. The van der Waals surface area contributed by atoms with Crippen LogP contribution in [-0.4, -0.2) is 37.7 Å². The Labute approximate surface area is 64.6 Å². The summed E-state index contributed by atoms with van der Waals surface area (Å²) in [4.78, 5) is 0. The van der Waals surface area contributed by atoms with E-state index < -0.39 is 0 Å². The van der Waals surface area contributed by atoms with Gasteiger partial charge in [0, 0.05) is 6.42 Å². The summed E-state index contributed by atoms with van der Waals surface area (Å²) in [7, 11) is 2.29. The largest absolute Gasteiger partial charge is 0.330 e. The highest BCUT2D eigenvalue weighted by Gasteiger charge is 2.14. The Bertz CT molecular complexity index is 77.3. The van der Waals surface area contributed by atoms with Gasteiger partial charge in [-0.3, -0.25) is 0 Å². The van der Waals surface area contributed by atoms with Crippen LogP contribution in [0.25, 0.3) is 0 Å². The summed E-state index contributed by atoms with van der Waals surface area (Å²) in [6.07, 6.45) is 1.15. The van der Waals surface area contributed by atoms with Crippen LogP contribution in [0, 0.1) is 0 Å². The molecule has 0 aromatic carbocycles. The topological polar surface area (TPSA) is 26.0 Å². The van der Waals surface area contributed by atoms with Crippen molar-refractivity contribution < 1.29 is 4.48 Å². The summed E-state index contributed by atoms with van der Waals surface area (Å²) in [5.41, 5.74) is 5.44.